The number of para-hydroxylation sites is 1. The second-order valence-corrected chi connectivity index (χ2v) is 6.85. The number of likely N-dealkylation sites (N-methyl/N-ethyl adjacent to an activating group) is 1. The zero-order valence-corrected chi connectivity index (χ0v) is 16.1. The topological polar surface area (TPSA) is 84.9 Å². The maximum atomic E-state index is 12.0. The van der Waals surface area contributed by atoms with Gasteiger partial charge in [0.2, 0.25) is 0 Å². The Morgan fingerprint density at radius 2 is 1.89 bits per heavy atom. The number of hydrogen-bond donors (Lipinski definition) is 1. The van der Waals surface area contributed by atoms with Crippen LogP contribution in [0.15, 0.2) is 53.4 Å². The molecule has 1 heterocycles. The van der Waals surface area contributed by atoms with E-state index in [2.05, 4.69) is 5.32 Å². The zero-order valence-electron chi connectivity index (χ0n) is 15.3. The Morgan fingerprint density at radius 1 is 1.14 bits per heavy atom. The SMILES string of the molecule is COc1cc(/C=C2\SC(=O)N(C)C2=O)ccc1OCC(=O)Nc1ccccc1. The fourth-order valence-corrected chi connectivity index (χ4v) is 3.28. The molecule has 0 aliphatic carbocycles. The summed E-state index contributed by atoms with van der Waals surface area (Å²) in [6.07, 6.45) is 1.61. The number of nitrogens with zero attached hydrogens (tertiary/aromatic N) is 1. The molecule has 0 spiro atoms. The molecular formula is C20H18N2O5S. The number of amides is 3. The van der Waals surface area contributed by atoms with Crippen molar-refractivity contribution in [3.63, 3.8) is 0 Å². The molecule has 1 aliphatic rings. The van der Waals surface area contributed by atoms with Crippen molar-refractivity contribution in [2.45, 2.75) is 0 Å². The second-order valence-electron chi connectivity index (χ2n) is 5.85. The van der Waals surface area contributed by atoms with Gasteiger partial charge < -0.3 is 14.8 Å². The molecular weight excluding hydrogens is 380 g/mol. The molecule has 8 heteroatoms. The second kappa shape index (κ2) is 8.62. The van der Waals surface area contributed by atoms with Crippen LogP contribution in [0.4, 0.5) is 10.5 Å². The average molecular weight is 398 g/mol. The monoisotopic (exact) mass is 398 g/mol. The average Bonchev–Trinajstić information content (AvgIpc) is 2.94. The molecule has 0 unspecified atom stereocenters. The Labute approximate surface area is 166 Å². The van der Waals surface area contributed by atoms with Crippen LogP contribution in [0.3, 0.4) is 0 Å². The van der Waals surface area contributed by atoms with Gasteiger partial charge >= 0.3 is 0 Å². The predicted octanol–water partition coefficient (Wildman–Crippen LogP) is 3.38. The van der Waals surface area contributed by atoms with E-state index in [-0.39, 0.29) is 23.7 Å². The maximum absolute atomic E-state index is 12.0. The smallest absolute Gasteiger partial charge is 0.293 e. The third-order valence-electron chi connectivity index (χ3n) is 3.89. The number of carbonyl (C=O) groups is 3. The molecule has 28 heavy (non-hydrogen) atoms. The molecule has 0 bridgehead atoms. The minimum absolute atomic E-state index is 0.181. The predicted molar refractivity (Wildman–Crippen MR) is 107 cm³/mol. The van der Waals surface area contributed by atoms with Crippen molar-refractivity contribution in [1.29, 1.82) is 0 Å². The summed E-state index contributed by atoms with van der Waals surface area (Å²) >= 11 is 0.883. The number of imide groups is 1. The normalized spacial score (nSPS) is 15.1. The minimum atomic E-state index is -0.341. The summed E-state index contributed by atoms with van der Waals surface area (Å²) in [4.78, 5) is 37.0. The van der Waals surface area contributed by atoms with Gasteiger partial charge in [0, 0.05) is 12.7 Å². The highest BCUT2D eigenvalue weighted by Crippen LogP contribution is 2.33. The Morgan fingerprint density at radius 3 is 2.54 bits per heavy atom. The molecule has 0 atom stereocenters. The quantitative estimate of drug-likeness (QED) is 0.751. The number of thioether (sulfide) groups is 1. The molecule has 3 rings (SSSR count). The van der Waals surface area contributed by atoms with E-state index in [0.29, 0.717) is 27.7 Å². The molecule has 7 nitrogen and oxygen atoms in total. The van der Waals surface area contributed by atoms with Crippen molar-refractivity contribution in [1.82, 2.24) is 4.90 Å². The largest absolute Gasteiger partial charge is 0.493 e. The molecule has 1 fully saturated rings. The maximum Gasteiger partial charge on any atom is 0.293 e. The first-order chi connectivity index (χ1) is 13.5. The highest BCUT2D eigenvalue weighted by Gasteiger charge is 2.31. The number of carbonyl (C=O) groups excluding carboxylic acids is 3. The molecule has 0 aromatic heterocycles. The number of nitrogens with one attached hydrogen (secondary N) is 1. The summed E-state index contributed by atoms with van der Waals surface area (Å²) in [5.74, 6) is 0.171. The first-order valence-corrected chi connectivity index (χ1v) is 9.17. The number of rotatable bonds is 6. The van der Waals surface area contributed by atoms with Gasteiger partial charge in [-0.25, -0.2) is 0 Å². The highest BCUT2D eigenvalue weighted by atomic mass is 32.2. The number of anilines is 1. The summed E-state index contributed by atoms with van der Waals surface area (Å²) in [7, 11) is 2.92. The zero-order chi connectivity index (χ0) is 20.1. The summed E-state index contributed by atoms with van der Waals surface area (Å²) < 4.78 is 10.9. The van der Waals surface area contributed by atoms with E-state index in [1.165, 1.54) is 14.2 Å². The van der Waals surface area contributed by atoms with E-state index in [1.807, 2.05) is 18.2 Å². The Kier molecular flexibility index (Phi) is 6.00. The van der Waals surface area contributed by atoms with Crippen LogP contribution < -0.4 is 14.8 Å². The van der Waals surface area contributed by atoms with Crippen molar-refractivity contribution in [3.05, 3.63) is 59.0 Å². The lowest BCUT2D eigenvalue weighted by molar-refractivity contribution is -0.121. The van der Waals surface area contributed by atoms with Crippen molar-refractivity contribution in [2.24, 2.45) is 0 Å². The Balaban J connectivity index is 1.67. The minimum Gasteiger partial charge on any atom is -0.493 e. The van der Waals surface area contributed by atoms with Crippen molar-refractivity contribution in [3.8, 4) is 11.5 Å². The molecule has 0 radical (unpaired) electrons. The summed E-state index contributed by atoms with van der Waals surface area (Å²) in [5, 5.41) is 2.42. The van der Waals surface area contributed by atoms with Crippen LogP contribution in [-0.2, 0) is 9.59 Å². The van der Waals surface area contributed by atoms with Gasteiger partial charge in [-0.15, -0.1) is 0 Å². The van der Waals surface area contributed by atoms with Gasteiger partial charge in [-0.3, -0.25) is 19.3 Å². The van der Waals surface area contributed by atoms with E-state index in [1.54, 1.807) is 36.4 Å². The third-order valence-corrected chi connectivity index (χ3v) is 4.85. The van der Waals surface area contributed by atoms with E-state index in [9.17, 15) is 14.4 Å². The number of benzene rings is 2. The van der Waals surface area contributed by atoms with Gasteiger partial charge in [0.1, 0.15) is 0 Å². The Hall–Kier alpha value is -3.26. The third kappa shape index (κ3) is 4.52. The van der Waals surface area contributed by atoms with Crippen LogP contribution in [-0.4, -0.2) is 42.7 Å². The van der Waals surface area contributed by atoms with Crippen LogP contribution >= 0.6 is 11.8 Å². The molecule has 3 amide bonds. The lowest BCUT2D eigenvalue weighted by Crippen LogP contribution is -2.22. The van der Waals surface area contributed by atoms with Crippen molar-refractivity contribution < 1.29 is 23.9 Å². The van der Waals surface area contributed by atoms with E-state index in [0.717, 1.165) is 16.7 Å². The first-order valence-electron chi connectivity index (χ1n) is 8.35. The molecule has 2 aromatic carbocycles. The summed E-state index contributed by atoms with van der Waals surface area (Å²) in [6.45, 7) is -0.181. The van der Waals surface area contributed by atoms with Crippen molar-refractivity contribution >= 4 is 40.6 Å². The lowest BCUT2D eigenvalue weighted by Gasteiger charge is -2.11. The van der Waals surface area contributed by atoms with Gasteiger partial charge in [-0.1, -0.05) is 24.3 Å². The molecule has 1 N–H and O–H groups in total. The van der Waals surface area contributed by atoms with E-state index in [4.69, 9.17) is 9.47 Å². The first kappa shape index (κ1) is 19.5. The molecule has 144 valence electrons. The number of hydrogen-bond acceptors (Lipinski definition) is 6. The number of methoxy groups -OCH3 is 1. The van der Waals surface area contributed by atoms with Gasteiger partial charge in [-0.2, -0.15) is 0 Å². The standard InChI is InChI=1S/C20H18N2O5S/c1-22-19(24)17(28-20(22)25)11-13-8-9-15(16(10-13)26-2)27-12-18(23)21-14-6-4-3-5-7-14/h3-11H,12H2,1-2H3,(H,21,23)/b17-11-. The fraction of sp³-hybridized carbons (Fsp3) is 0.150. The van der Waals surface area contributed by atoms with Crippen LogP contribution in [0, 0.1) is 0 Å². The number of ether oxygens (including phenoxy) is 2. The van der Waals surface area contributed by atoms with Gasteiger partial charge in [0.25, 0.3) is 17.1 Å². The Bertz CT molecular complexity index is 943. The molecule has 1 aliphatic heterocycles. The van der Waals surface area contributed by atoms with E-state index < -0.39 is 0 Å². The van der Waals surface area contributed by atoms with E-state index >= 15 is 0 Å². The molecule has 2 aromatic rings. The van der Waals surface area contributed by atoms with Crippen molar-refractivity contribution in [2.75, 3.05) is 26.1 Å². The molecule has 0 saturated carbocycles. The van der Waals surface area contributed by atoms with Crippen LogP contribution in [0.2, 0.25) is 0 Å². The van der Waals surface area contributed by atoms with Gasteiger partial charge in [0.05, 0.1) is 12.0 Å². The summed E-state index contributed by atoms with van der Waals surface area (Å²) in [6, 6.07) is 14.1. The van der Waals surface area contributed by atoms with Gasteiger partial charge in [-0.05, 0) is 47.7 Å². The lowest BCUT2D eigenvalue weighted by atomic mass is 10.2. The van der Waals surface area contributed by atoms with Crippen LogP contribution in [0.25, 0.3) is 6.08 Å². The van der Waals surface area contributed by atoms with Crippen LogP contribution in [0.5, 0.6) is 11.5 Å². The molecule has 1 saturated heterocycles. The highest BCUT2D eigenvalue weighted by molar-refractivity contribution is 8.18. The summed E-state index contributed by atoms with van der Waals surface area (Å²) in [5.41, 5.74) is 1.36. The van der Waals surface area contributed by atoms with Gasteiger partial charge in [0.15, 0.2) is 18.1 Å². The fourth-order valence-electron chi connectivity index (χ4n) is 2.45. The van der Waals surface area contributed by atoms with Crippen LogP contribution in [0.1, 0.15) is 5.56 Å².